The molecule has 22 heavy (non-hydrogen) atoms. The molecule has 0 bridgehead atoms. The van der Waals surface area contributed by atoms with E-state index in [1.807, 2.05) is 43.3 Å². The summed E-state index contributed by atoms with van der Waals surface area (Å²) < 4.78 is 0. The van der Waals surface area contributed by atoms with E-state index in [4.69, 9.17) is 23.2 Å². The van der Waals surface area contributed by atoms with Crippen LogP contribution in [0.25, 0.3) is 0 Å². The zero-order valence-electron chi connectivity index (χ0n) is 13.0. The molecule has 0 aliphatic carbocycles. The molecule has 2 aromatic rings. The summed E-state index contributed by atoms with van der Waals surface area (Å²) in [4.78, 5) is 2.39. The van der Waals surface area contributed by atoms with E-state index in [9.17, 15) is 0 Å². The zero-order chi connectivity index (χ0) is 15.9. The molecule has 1 fully saturated rings. The van der Waals surface area contributed by atoms with Gasteiger partial charge in [-0.05, 0) is 50.2 Å². The first-order chi connectivity index (χ1) is 10.5. The fraction of sp³-hybridized carbons (Fsp3) is 0.333. The van der Waals surface area contributed by atoms with Gasteiger partial charge in [0, 0.05) is 41.4 Å². The van der Waals surface area contributed by atoms with Crippen molar-refractivity contribution < 1.29 is 0 Å². The van der Waals surface area contributed by atoms with E-state index < -0.39 is 0 Å². The third kappa shape index (κ3) is 5.53. The maximum Gasteiger partial charge on any atom is 0.0407 e. The average molecular weight is 337 g/mol. The summed E-state index contributed by atoms with van der Waals surface area (Å²) >= 11 is 11.5. The highest BCUT2D eigenvalue weighted by molar-refractivity contribution is 6.30. The van der Waals surface area contributed by atoms with Crippen molar-refractivity contribution in [2.45, 2.75) is 19.9 Å². The first-order valence-corrected chi connectivity index (χ1v) is 8.26. The lowest BCUT2D eigenvalue weighted by Crippen LogP contribution is -2.49. The molecule has 0 unspecified atom stereocenters. The van der Waals surface area contributed by atoms with Gasteiger partial charge in [0.1, 0.15) is 0 Å². The van der Waals surface area contributed by atoms with Gasteiger partial charge in [-0.1, -0.05) is 40.9 Å². The van der Waals surface area contributed by atoms with Crippen molar-refractivity contribution in [1.82, 2.24) is 5.32 Å². The Balaban J connectivity index is 0.000000188. The van der Waals surface area contributed by atoms with Crippen LogP contribution >= 0.6 is 23.2 Å². The third-order valence-electron chi connectivity index (χ3n) is 3.57. The standard InChI is InChI=1S/C11H15ClN2.C7H7Cl/c1-9-8-14(7-6-13-9)11-4-2-10(12)3-5-11;1-6-2-4-7(8)5-3-6/h2-5,9,13H,6-8H2,1H3;2-5H,1H3/t9-;/m1./s1. The van der Waals surface area contributed by atoms with Gasteiger partial charge >= 0.3 is 0 Å². The van der Waals surface area contributed by atoms with Crippen LogP contribution in [-0.4, -0.2) is 25.7 Å². The number of piperazine rings is 1. The summed E-state index contributed by atoms with van der Waals surface area (Å²) in [6, 6.07) is 16.4. The molecule has 0 saturated carbocycles. The summed E-state index contributed by atoms with van der Waals surface area (Å²) in [5.41, 5.74) is 2.51. The molecule has 1 N–H and O–H groups in total. The van der Waals surface area contributed by atoms with Gasteiger partial charge in [-0.15, -0.1) is 0 Å². The molecular formula is C18H22Cl2N2. The Labute approximate surface area is 143 Å². The Hall–Kier alpha value is -1.22. The normalized spacial score (nSPS) is 17.6. The SMILES string of the molecule is C[C@@H]1CN(c2ccc(Cl)cc2)CCN1.Cc1ccc(Cl)cc1. The highest BCUT2D eigenvalue weighted by atomic mass is 35.5. The minimum atomic E-state index is 0.569. The van der Waals surface area contributed by atoms with Crippen LogP contribution in [0.1, 0.15) is 12.5 Å². The fourth-order valence-corrected chi connectivity index (χ4v) is 2.60. The second-order valence-corrected chi connectivity index (χ2v) is 6.45. The van der Waals surface area contributed by atoms with Crippen LogP contribution < -0.4 is 10.2 Å². The predicted octanol–water partition coefficient (Wildman–Crippen LogP) is 4.79. The molecule has 3 rings (SSSR count). The molecule has 0 amide bonds. The summed E-state index contributed by atoms with van der Waals surface area (Å²) in [6.07, 6.45) is 0. The van der Waals surface area contributed by atoms with E-state index in [2.05, 4.69) is 29.3 Å². The maximum absolute atomic E-state index is 5.85. The third-order valence-corrected chi connectivity index (χ3v) is 4.08. The van der Waals surface area contributed by atoms with Crippen molar-refractivity contribution >= 4 is 28.9 Å². The van der Waals surface area contributed by atoms with E-state index in [0.717, 1.165) is 29.7 Å². The molecule has 118 valence electrons. The molecule has 1 aliphatic rings. The van der Waals surface area contributed by atoms with Gasteiger partial charge in [-0.2, -0.15) is 0 Å². The van der Waals surface area contributed by atoms with Crippen LogP contribution in [0.2, 0.25) is 10.0 Å². The predicted molar refractivity (Wildman–Crippen MR) is 97.3 cm³/mol. The Morgan fingerprint density at radius 2 is 1.50 bits per heavy atom. The quantitative estimate of drug-likeness (QED) is 0.805. The molecule has 1 atom stereocenters. The smallest absolute Gasteiger partial charge is 0.0407 e. The fourth-order valence-electron chi connectivity index (χ4n) is 2.35. The number of nitrogens with one attached hydrogen (secondary N) is 1. The number of nitrogens with zero attached hydrogens (tertiary/aromatic N) is 1. The Kier molecular flexibility index (Phi) is 6.56. The number of hydrogen-bond donors (Lipinski definition) is 1. The van der Waals surface area contributed by atoms with Gasteiger partial charge in [0.05, 0.1) is 0 Å². The Morgan fingerprint density at radius 1 is 0.955 bits per heavy atom. The van der Waals surface area contributed by atoms with Crippen molar-refractivity contribution in [2.24, 2.45) is 0 Å². The highest BCUT2D eigenvalue weighted by Gasteiger charge is 2.15. The second kappa shape index (κ2) is 8.42. The van der Waals surface area contributed by atoms with Crippen molar-refractivity contribution in [3.05, 3.63) is 64.1 Å². The molecule has 0 radical (unpaired) electrons. The van der Waals surface area contributed by atoms with Crippen molar-refractivity contribution in [3.8, 4) is 0 Å². The topological polar surface area (TPSA) is 15.3 Å². The first kappa shape index (κ1) is 17.1. The highest BCUT2D eigenvalue weighted by Crippen LogP contribution is 2.18. The minimum Gasteiger partial charge on any atom is -0.369 e. The van der Waals surface area contributed by atoms with Gasteiger partial charge in [0.15, 0.2) is 0 Å². The summed E-state index contributed by atoms with van der Waals surface area (Å²) in [7, 11) is 0. The molecule has 4 heteroatoms. The van der Waals surface area contributed by atoms with E-state index in [-0.39, 0.29) is 0 Å². The van der Waals surface area contributed by atoms with Crippen LogP contribution in [0, 0.1) is 6.92 Å². The van der Waals surface area contributed by atoms with Crippen LogP contribution in [0.3, 0.4) is 0 Å². The van der Waals surface area contributed by atoms with Crippen molar-refractivity contribution in [1.29, 1.82) is 0 Å². The summed E-state index contributed by atoms with van der Waals surface area (Å²) in [6.45, 7) is 7.45. The number of aryl methyl sites for hydroxylation is 1. The first-order valence-electron chi connectivity index (χ1n) is 7.50. The molecule has 0 spiro atoms. The van der Waals surface area contributed by atoms with Gasteiger partial charge in [-0.3, -0.25) is 0 Å². The maximum atomic E-state index is 5.85. The van der Waals surface area contributed by atoms with Crippen molar-refractivity contribution in [3.63, 3.8) is 0 Å². The largest absolute Gasteiger partial charge is 0.369 e. The van der Waals surface area contributed by atoms with Crippen LogP contribution in [-0.2, 0) is 0 Å². The lowest BCUT2D eigenvalue weighted by atomic mass is 10.2. The zero-order valence-corrected chi connectivity index (χ0v) is 14.5. The summed E-state index contributed by atoms with van der Waals surface area (Å²) in [5.74, 6) is 0. The van der Waals surface area contributed by atoms with Crippen LogP contribution in [0.4, 0.5) is 5.69 Å². The van der Waals surface area contributed by atoms with Gasteiger partial charge < -0.3 is 10.2 Å². The van der Waals surface area contributed by atoms with Gasteiger partial charge in [0.2, 0.25) is 0 Å². The average Bonchev–Trinajstić information content (AvgIpc) is 2.52. The number of benzene rings is 2. The van der Waals surface area contributed by atoms with Gasteiger partial charge in [-0.25, -0.2) is 0 Å². The molecule has 1 saturated heterocycles. The minimum absolute atomic E-state index is 0.569. The van der Waals surface area contributed by atoms with Crippen LogP contribution in [0.15, 0.2) is 48.5 Å². The Morgan fingerprint density at radius 3 is 2.00 bits per heavy atom. The number of rotatable bonds is 1. The number of hydrogen-bond acceptors (Lipinski definition) is 2. The lowest BCUT2D eigenvalue weighted by molar-refractivity contribution is 0.485. The monoisotopic (exact) mass is 336 g/mol. The Bertz CT molecular complexity index is 546. The van der Waals surface area contributed by atoms with E-state index in [1.165, 1.54) is 11.3 Å². The number of halogens is 2. The van der Waals surface area contributed by atoms with E-state index in [1.54, 1.807) is 0 Å². The van der Waals surface area contributed by atoms with E-state index >= 15 is 0 Å². The molecule has 2 aromatic carbocycles. The molecule has 0 aromatic heterocycles. The molecule has 2 nitrogen and oxygen atoms in total. The van der Waals surface area contributed by atoms with Gasteiger partial charge in [0.25, 0.3) is 0 Å². The second-order valence-electron chi connectivity index (χ2n) is 5.57. The lowest BCUT2D eigenvalue weighted by Gasteiger charge is -2.33. The molecular weight excluding hydrogens is 315 g/mol. The van der Waals surface area contributed by atoms with E-state index in [0.29, 0.717) is 6.04 Å². The molecule has 1 aliphatic heterocycles. The number of anilines is 1. The summed E-state index contributed by atoms with van der Waals surface area (Å²) in [5, 5.41) is 5.03. The van der Waals surface area contributed by atoms with Crippen molar-refractivity contribution in [2.75, 3.05) is 24.5 Å². The molecule has 1 heterocycles. The van der Waals surface area contributed by atoms with Crippen LogP contribution in [0.5, 0.6) is 0 Å².